The molecule has 6 nitrogen and oxygen atoms in total. The Morgan fingerprint density at radius 2 is 2.04 bits per heavy atom. The van der Waals surface area contributed by atoms with E-state index in [2.05, 4.69) is 26.6 Å². The second kappa shape index (κ2) is 7.78. The fourth-order valence-corrected chi connectivity index (χ4v) is 4.08. The van der Waals surface area contributed by atoms with Crippen molar-refractivity contribution >= 4 is 33.8 Å². The molecule has 2 N–H and O–H groups in total. The average Bonchev–Trinajstić information content (AvgIpc) is 2.85. The molecule has 0 spiro atoms. The minimum absolute atomic E-state index is 0.249. The van der Waals surface area contributed by atoms with E-state index in [-0.39, 0.29) is 12.5 Å². The molecule has 1 saturated carbocycles. The molecule has 1 aliphatic heterocycles. The molecule has 1 atom stereocenters. The summed E-state index contributed by atoms with van der Waals surface area (Å²) in [6.45, 7) is 2.03. The van der Waals surface area contributed by atoms with E-state index < -0.39 is 17.5 Å². The van der Waals surface area contributed by atoms with Crippen molar-refractivity contribution in [2.75, 3.05) is 13.1 Å². The van der Waals surface area contributed by atoms with Crippen LogP contribution in [-0.4, -0.2) is 35.8 Å². The van der Waals surface area contributed by atoms with Crippen LogP contribution in [0, 0.1) is 5.92 Å². The van der Waals surface area contributed by atoms with Crippen molar-refractivity contribution in [3.8, 4) is 0 Å². The maximum Gasteiger partial charge on any atom is 0.325 e. The number of amides is 4. The number of rotatable bonds is 5. The molecule has 0 aromatic heterocycles. The van der Waals surface area contributed by atoms with E-state index >= 15 is 0 Å². The summed E-state index contributed by atoms with van der Waals surface area (Å²) in [5, 5.41) is 5.60. The number of benzene rings is 1. The van der Waals surface area contributed by atoms with Gasteiger partial charge < -0.3 is 10.6 Å². The number of imide groups is 1. The van der Waals surface area contributed by atoms with Crippen LogP contribution in [0.5, 0.6) is 0 Å². The second-order valence-corrected chi connectivity index (χ2v) is 8.18. The number of hydrogen-bond acceptors (Lipinski definition) is 3. The molecule has 3 rings (SSSR count). The second-order valence-electron chi connectivity index (χ2n) is 7.26. The first-order valence-electron chi connectivity index (χ1n) is 9.07. The minimum atomic E-state index is -1.16. The van der Waals surface area contributed by atoms with Crippen LogP contribution >= 0.6 is 15.9 Å². The van der Waals surface area contributed by atoms with Gasteiger partial charge in [0.25, 0.3) is 5.91 Å². The van der Waals surface area contributed by atoms with Crippen LogP contribution in [0.1, 0.15) is 44.6 Å². The number of nitrogens with one attached hydrogen (secondary N) is 2. The number of hydrogen-bond donors (Lipinski definition) is 2. The van der Waals surface area contributed by atoms with Gasteiger partial charge in [-0.3, -0.25) is 14.5 Å². The Kier molecular flexibility index (Phi) is 5.65. The summed E-state index contributed by atoms with van der Waals surface area (Å²) in [7, 11) is 0. The van der Waals surface area contributed by atoms with Crippen LogP contribution in [0.4, 0.5) is 4.79 Å². The fourth-order valence-electron chi connectivity index (χ4n) is 3.68. The van der Waals surface area contributed by atoms with Crippen molar-refractivity contribution < 1.29 is 14.4 Å². The van der Waals surface area contributed by atoms with Gasteiger partial charge in [-0.25, -0.2) is 4.79 Å². The predicted molar refractivity (Wildman–Crippen MR) is 101 cm³/mol. The molecule has 1 aromatic carbocycles. The first-order chi connectivity index (χ1) is 12.4. The van der Waals surface area contributed by atoms with E-state index in [1.165, 1.54) is 19.3 Å². The molecule has 140 valence electrons. The van der Waals surface area contributed by atoms with Gasteiger partial charge in [-0.15, -0.1) is 0 Å². The number of carbonyl (C=O) groups excluding carboxylic acids is 3. The van der Waals surface area contributed by atoms with Crippen molar-refractivity contribution in [3.63, 3.8) is 0 Å². The lowest BCUT2D eigenvalue weighted by atomic mass is 9.89. The number of nitrogens with zero attached hydrogens (tertiary/aromatic N) is 1. The highest BCUT2D eigenvalue weighted by atomic mass is 79.9. The highest BCUT2D eigenvalue weighted by Gasteiger charge is 2.49. The van der Waals surface area contributed by atoms with E-state index in [4.69, 9.17) is 0 Å². The highest BCUT2D eigenvalue weighted by molar-refractivity contribution is 9.10. The normalized spacial score (nSPS) is 23.8. The summed E-state index contributed by atoms with van der Waals surface area (Å²) < 4.78 is 0.821. The van der Waals surface area contributed by atoms with Gasteiger partial charge >= 0.3 is 6.03 Å². The SMILES string of the molecule is C[C@]1(c2cccc(Br)c2)NC(=O)N(CC(=O)NCC2CCCCC2)C1=O. The molecular weight excluding hydrogens is 398 g/mol. The molecule has 0 radical (unpaired) electrons. The van der Waals surface area contributed by atoms with E-state index in [1.807, 2.05) is 12.1 Å². The molecule has 7 heteroatoms. The third-order valence-electron chi connectivity index (χ3n) is 5.29. The zero-order valence-corrected chi connectivity index (χ0v) is 16.5. The lowest BCUT2D eigenvalue weighted by Gasteiger charge is -2.23. The van der Waals surface area contributed by atoms with Gasteiger partial charge in [0.2, 0.25) is 5.91 Å². The maximum absolute atomic E-state index is 12.8. The van der Waals surface area contributed by atoms with Crippen LogP contribution in [0.15, 0.2) is 28.7 Å². The maximum atomic E-state index is 12.8. The summed E-state index contributed by atoms with van der Waals surface area (Å²) in [6.07, 6.45) is 5.94. The smallest absolute Gasteiger partial charge is 0.325 e. The average molecular weight is 422 g/mol. The molecule has 26 heavy (non-hydrogen) atoms. The Bertz CT molecular complexity index is 718. The van der Waals surface area contributed by atoms with Gasteiger partial charge in [0.05, 0.1) is 0 Å². The first kappa shape index (κ1) is 18.9. The summed E-state index contributed by atoms with van der Waals surface area (Å²) in [5.74, 6) is -0.200. The van der Waals surface area contributed by atoms with Crippen molar-refractivity contribution in [1.82, 2.24) is 15.5 Å². The third-order valence-corrected chi connectivity index (χ3v) is 5.78. The Morgan fingerprint density at radius 3 is 2.73 bits per heavy atom. The van der Waals surface area contributed by atoms with E-state index in [0.29, 0.717) is 18.0 Å². The van der Waals surface area contributed by atoms with Crippen LogP contribution < -0.4 is 10.6 Å². The molecule has 2 aliphatic rings. The predicted octanol–water partition coefficient (Wildman–Crippen LogP) is 2.91. The van der Waals surface area contributed by atoms with Gasteiger partial charge in [0.15, 0.2) is 0 Å². The van der Waals surface area contributed by atoms with Gasteiger partial charge in [-0.2, -0.15) is 0 Å². The Balaban J connectivity index is 1.62. The highest BCUT2D eigenvalue weighted by Crippen LogP contribution is 2.30. The summed E-state index contributed by atoms with van der Waals surface area (Å²) in [5.41, 5.74) is -0.486. The largest absolute Gasteiger partial charge is 0.354 e. The van der Waals surface area contributed by atoms with Crippen molar-refractivity contribution in [3.05, 3.63) is 34.3 Å². The molecule has 1 aliphatic carbocycles. The molecule has 4 amide bonds. The number of urea groups is 1. The third kappa shape index (κ3) is 3.92. The monoisotopic (exact) mass is 421 g/mol. The van der Waals surface area contributed by atoms with Crippen molar-refractivity contribution in [2.45, 2.75) is 44.6 Å². The van der Waals surface area contributed by atoms with Crippen LogP contribution in [0.3, 0.4) is 0 Å². The Morgan fingerprint density at radius 1 is 1.31 bits per heavy atom. The van der Waals surface area contributed by atoms with Gasteiger partial charge in [-0.05, 0) is 43.4 Å². The lowest BCUT2D eigenvalue weighted by molar-refractivity contribution is -0.134. The van der Waals surface area contributed by atoms with Crippen molar-refractivity contribution in [1.29, 1.82) is 0 Å². The lowest BCUT2D eigenvalue weighted by Crippen LogP contribution is -2.44. The van der Waals surface area contributed by atoms with Crippen LogP contribution in [0.2, 0.25) is 0 Å². The topological polar surface area (TPSA) is 78.5 Å². The zero-order valence-electron chi connectivity index (χ0n) is 14.9. The van der Waals surface area contributed by atoms with Crippen LogP contribution in [-0.2, 0) is 15.1 Å². The van der Waals surface area contributed by atoms with Gasteiger partial charge in [0, 0.05) is 11.0 Å². The molecule has 1 aromatic rings. The quantitative estimate of drug-likeness (QED) is 0.717. The Labute approximate surface area is 161 Å². The molecule has 1 heterocycles. The standard InChI is InChI=1S/C19H24BrN3O3/c1-19(14-8-5-9-15(20)10-14)17(25)23(18(26)22-19)12-16(24)21-11-13-6-3-2-4-7-13/h5,8-10,13H,2-4,6-7,11-12H2,1H3,(H,21,24)(H,22,26)/t19-/m1/s1. The van der Waals surface area contributed by atoms with Crippen molar-refractivity contribution in [2.24, 2.45) is 5.92 Å². The number of carbonyl (C=O) groups is 3. The first-order valence-corrected chi connectivity index (χ1v) is 9.86. The van der Waals surface area contributed by atoms with E-state index in [1.54, 1.807) is 19.1 Å². The van der Waals surface area contributed by atoms with Gasteiger partial charge in [0.1, 0.15) is 12.1 Å². The zero-order chi connectivity index (χ0) is 18.7. The summed E-state index contributed by atoms with van der Waals surface area (Å²) in [4.78, 5) is 38.4. The van der Waals surface area contributed by atoms with Crippen LogP contribution in [0.25, 0.3) is 0 Å². The Hall–Kier alpha value is -1.89. The molecule has 1 saturated heterocycles. The molecular formula is C19H24BrN3O3. The molecule has 2 fully saturated rings. The summed E-state index contributed by atoms with van der Waals surface area (Å²) in [6, 6.07) is 6.71. The fraction of sp³-hybridized carbons (Fsp3) is 0.526. The molecule has 0 bridgehead atoms. The number of halogens is 1. The minimum Gasteiger partial charge on any atom is -0.354 e. The van der Waals surface area contributed by atoms with Gasteiger partial charge in [-0.1, -0.05) is 47.3 Å². The van der Waals surface area contributed by atoms with E-state index in [0.717, 1.165) is 22.2 Å². The summed E-state index contributed by atoms with van der Waals surface area (Å²) >= 11 is 3.38. The van der Waals surface area contributed by atoms with E-state index in [9.17, 15) is 14.4 Å². The molecule has 0 unspecified atom stereocenters.